The molecule has 2 unspecified atom stereocenters. The zero-order valence-electron chi connectivity index (χ0n) is 16.9. The molecule has 1 aliphatic carbocycles. The van der Waals surface area contributed by atoms with Gasteiger partial charge in [-0.1, -0.05) is 17.3 Å². The van der Waals surface area contributed by atoms with Gasteiger partial charge in [-0.2, -0.15) is 0 Å². The SMILES string of the molecule is Cc1noc(C)c1CCC(=O)N1CCN(C(=O)C2CC2c2ccc(F)cc2)CC1. The molecule has 6 nitrogen and oxygen atoms in total. The van der Waals surface area contributed by atoms with Crippen LogP contribution in [0.25, 0.3) is 0 Å². The Morgan fingerprint density at radius 3 is 2.38 bits per heavy atom. The van der Waals surface area contributed by atoms with E-state index in [1.165, 1.54) is 12.1 Å². The normalized spacial score (nSPS) is 21.3. The van der Waals surface area contributed by atoms with Crippen molar-refractivity contribution in [2.45, 2.75) is 39.0 Å². The molecule has 0 radical (unpaired) electrons. The highest BCUT2D eigenvalue weighted by atomic mass is 19.1. The van der Waals surface area contributed by atoms with Gasteiger partial charge in [0, 0.05) is 44.1 Å². The Morgan fingerprint density at radius 1 is 1.10 bits per heavy atom. The Balaban J connectivity index is 1.24. The van der Waals surface area contributed by atoms with Crippen LogP contribution in [0.2, 0.25) is 0 Å². The summed E-state index contributed by atoms with van der Waals surface area (Å²) in [7, 11) is 0. The third-order valence-corrected chi connectivity index (χ3v) is 6.12. The molecule has 154 valence electrons. The summed E-state index contributed by atoms with van der Waals surface area (Å²) < 4.78 is 18.2. The minimum Gasteiger partial charge on any atom is -0.361 e. The first kappa shape index (κ1) is 19.6. The first-order valence-electron chi connectivity index (χ1n) is 10.2. The molecule has 2 aromatic rings. The molecule has 0 bridgehead atoms. The highest BCUT2D eigenvalue weighted by Crippen LogP contribution is 2.48. The lowest BCUT2D eigenvalue weighted by molar-refractivity contribution is -0.140. The second kappa shape index (κ2) is 7.97. The molecule has 2 aliphatic rings. The van der Waals surface area contributed by atoms with E-state index >= 15 is 0 Å². The molecule has 1 aliphatic heterocycles. The predicted octanol–water partition coefficient (Wildman–Crippen LogP) is 2.84. The van der Waals surface area contributed by atoms with Crippen LogP contribution in [0.15, 0.2) is 28.8 Å². The number of aryl methyl sites for hydroxylation is 2. The van der Waals surface area contributed by atoms with Gasteiger partial charge in [0.15, 0.2) is 0 Å². The Hall–Kier alpha value is -2.70. The van der Waals surface area contributed by atoms with Crippen molar-refractivity contribution in [1.29, 1.82) is 0 Å². The van der Waals surface area contributed by atoms with Crippen LogP contribution in [0.5, 0.6) is 0 Å². The number of nitrogens with zero attached hydrogens (tertiary/aromatic N) is 3. The van der Waals surface area contributed by atoms with Crippen LogP contribution in [0.3, 0.4) is 0 Å². The van der Waals surface area contributed by atoms with Gasteiger partial charge in [0.2, 0.25) is 11.8 Å². The lowest BCUT2D eigenvalue weighted by Gasteiger charge is -2.35. The fraction of sp³-hybridized carbons (Fsp3) is 0.500. The van der Waals surface area contributed by atoms with E-state index in [0.29, 0.717) is 39.0 Å². The van der Waals surface area contributed by atoms with E-state index in [4.69, 9.17) is 4.52 Å². The zero-order chi connectivity index (χ0) is 20.5. The van der Waals surface area contributed by atoms with Crippen molar-refractivity contribution >= 4 is 11.8 Å². The Morgan fingerprint density at radius 2 is 1.76 bits per heavy atom. The van der Waals surface area contributed by atoms with Gasteiger partial charge in [0.1, 0.15) is 11.6 Å². The molecule has 2 heterocycles. The van der Waals surface area contributed by atoms with Gasteiger partial charge in [-0.15, -0.1) is 0 Å². The van der Waals surface area contributed by atoms with Gasteiger partial charge in [-0.25, -0.2) is 4.39 Å². The van der Waals surface area contributed by atoms with Gasteiger partial charge >= 0.3 is 0 Å². The van der Waals surface area contributed by atoms with Crippen LogP contribution in [-0.4, -0.2) is 52.9 Å². The van der Waals surface area contributed by atoms with E-state index in [9.17, 15) is 14.0 Å². The maximum absolute atomic E-state index is 13.1. The maximum atomic E-state index is 13.1. The van der Waals surface area contributed by atoms with E-state index in [1.807, 2.05) is 23.6 Å². The number of halogens is 1. The van der Waals surface area contributed by atoms with Crippen LogP contribution in [-0.2, 0) is 16.0 Å². The number of piperazine rings is 1. The highest BCUT2D eigenvalue weighted by Gasteiger charge is 2.46. The summed E-state index contributed by atoms with van der Waals surface area (Å²) in [5, 5.41) is 3.93. The van der Waals surface area contributed by atoms with Crippen molar-refractivity contribution in [3.8, 4) is 0 Å². The van der Waals surface area contributed by atoms with Crippen molar-refractivity contribution in [1.82, 2.24) is 15.0 Å². The van der Waals surface area contributed by atoms with Crippen molar-refractivity contribution in [3.63, 3.8) is 0 Å². The molecule has 29 heavy (non-hydrogen) atoms. The van der Waals surface area contributed by atoms with Gasteiger partial charge < -0.3 is 14.3 Å². The van der Waals surface area contributed by atoms with Crippen LogP contribution in [0, 0.1) is 25.6 Å². The van der Waals surface area contributed by atoms with Crippen molar-refractivity contribution in [2.24, 2.45) is 5.92 Å². The molecule has 1 aromatic carbocycles. The zero-order valence-corrected chi connectivity index (χ0v) is 16.9. The number of benzene rings is 1. The first-order valence-corrected chi connectivity index (χ1v) is 10.2. The van der Waals surface area contributed by atoms with Gasteiger partial charge in [-0.3, -0.25) is 9.59 Å². The Bertz CT molecular complexity index is 881. The van der Waals surface area contributed by atoms with E-state index in [2.05, 4.69) is 5.16 Å². The van der Waals surface area contributed by atoms with E-state index in [0.717, 1.165) is 29.0 Å². The van der Waals surface area contributed by atoms with Crippen molar-refractivity contribution < 1.29 is 18.5 Å². The highest BCUT2D eigenvalue weighted by molar-refractivity contribution is 5.83. The second-order valence-corrected chi connectivity index (χ2v) is 8.01. The Labute approximate surface area is 169 Å². The molecular weight excluding hydrogens is 373 g/mol. The third kappa shape index (κ3) is 4.18. The number of rotatable bonds is 5. The van der Waals surface area contributed by atoms with Crippen LogP contribution in [0.4, 0.5) is 4.39 Å². The largest absolute Gasteiger partial charge is 0.361 e. The maximum Gasteiger partial charge on any atom is 0.226 e. The molecule has 2 amide bonds. The summed E-state index contributed by atoms with van der Waals surface area (Å²) in [6.07, 6.45) is 1.87. The molecule has 1 aromatic heterocycles. The predicted molar refractivity (Wildman–Crippen MR) is 105 cm³/mol. The minimum atomic E-state index is -0.257. The number of amides is 2. The molecule has 4 rings (SSSR count). The van der Waals surface area contributed by atoms with E-state index in [-0.39, 0.29) is 29.5 Å². The monoisotopic (exact) mass is 399 g/mol. The standard InChI is InChI=1S/C22H26FN3O3/c1-14-18(15(2)29-24-14)7-8-21(27)25-9-11-26(12-10-25)22(28)20-13-19(20)16-3-5-17(23)6-4-16/h3-6,19-20H,7-13H2,1-2H3. The molecule has 2 fully saturated rings. The van der Waals surface area contributed by atoms with Crippen LogP contribution >= 0.6 is 0 Å². The summed E-state index contributed by atoms with van der Waals surface area (Å²) in [6.45, 7) is 6.03. The summed E-state index contributed by atoms with van der Waals surface area (Å²) in [5.41, 5.74) is 2.87. The molecular formula is C22H26FN3O3. The van der Waals surface area contributed by atoms with Crippen molar-refractivity contribution in [3.05, 3.63) is 52.7 Å². The lowest BCUT2D eigenvalue weighted by atomic mass is 10.1. The lowest BCUT2D eigenvalue weighted by Crippen LogP contribution is -2.51. The van der Waals surface area contributed by atoms with Gasteiger partial charge in [0.05, 0.1) is 5.69 Å². The third-order valence-electron chi connectivity index (χ3n) is 6.12. The van der Waals surface area contributed by atoms with E-state index in [1.54, 1.807) is 12.1 Å². The molecule has 2 atom stereocenters. The first-order chi connectivity index (χ1) is 13.9. The van der Waals surface area contributed by atoms with Gasteiger partial charge in [-0.05, 0) is 50.3 Å². The number of hydrogen-bond acceptors (Lipinski definition) is 4. The molecule has 1 saturated carbocycles. The molecule has 0 spiro atoms. The van der Waals surface area contributed by atoms with Crippen LogP contribution in [0.1, 0.15) is 41.3 Å². The van der Waals surface area contributed by atoms with Crippen molar-refractivity contribution in [2.75, 3.05) is 26.2 Å². The van der Waals surface area contributed by atoms with Gasteiger partial charge in [0.25, 0.3) is 0 Å². The Kier molecular flexibility index (Phi) is 5.39. The number of aromatic nitrogens is 1. The summed E-state index contributed by atoms with van der Waals surface area (Å²) in [4.78, 5) is 29.0. The van der Waals surface area contributed by atoms with Crippen LogP contribution < -0.4 is 0 Å². The number of hydrogen-bond donors (Lipinski definition) is 0. The molecule has 1 saturated heterocycles. The number of carbonyl (C=O) groups excluding carboxylic acids is 2. The minimum absolute atomic E-state index is 0.0118. The summed E-state index contributed by atoms with van der Waals surface area (Å²) in [5.74, 6) is 0.952. The molecule has 0 N–H and O–H groups in total. The average molecular weight is 399 g/mol. The number of carbonyl (C=O) groups is 2. The smallest absolute Gasteiger partial charge is 0.226 e. The summed E-state index contributed by atoms with van der Waals surface area (Å²) >= 11 is 0. The summed E-state index contributed by atoms with van der Waals surface area (Å²) in [6, 6.07) is 6.43. The topological polar surface area (TPSA) is 66.7 Å². The van der Waals surface area contributed by atoms with E-state index < -0.39 is 0 Å². The fourth-order valence-electron chi connectivity index (χ4n) is 4.21. The quantitative estimate of drug-likeness (QED) is 0.776. The molecule has 7 heteroatoms. The second-order valence-electron chi connectivity index (χ2n) is 8.01. The fourth-order valence-corrected chi connectivity index (χ4v) is 4.21. The average Bonchev–Trinajstić information content (AvgIpc) is 3.46.